The Morgan fingerprint density at radius 1 is 1.11 bits per heavy atom. The highest BCUT2D eigenvalue weighted by Crippen LogP contribution is 2.16. The minimum atomic E-state index is 0.458. The summed E-state index contributed by atoms with van der Waals surface area (Å²) >= 11 is 0. The zero-order valence-corrected chi connectivity index (χ0v) is 12.1. The Bertz CT molecular complexity index is 318. The lowest BCUT2D eigenvalue weighted by atomic mass is 10.2. The lowest BCUT2D eigenvalue weighted by Crippen LogP contribution is -2.27. The summed E-state index contributed by atoms with van der Waals surface area (Å²) in [7, 11) is 0. The second-order valence-electron chi connectivity index (χ2n) is 4.70. The van der Waals surface area contributed by atoms with Crippen LogP contribution in [0.25, 0.3) is 0 Å². The number of hydrogen-bond donors (Lipinski definition) is 1. The first-order valence-electron chi connectivity index (χ1n) is 6.87. The third-order valence-corrected chi connectivity index (χ3v) is 2.88. The maximum atomic E-state index is 5.73. The van der Waals surface area contributed by atoms with Gasteiger partial charge in [-0.1, -0.05) is 13.8 Å². The second kappa shape index (κ2) is 7.98. The number of ether oxygens (including phenoxy) is 1. The van der Waals surface area contributed by atoms with Gasteiger partial charge < -0.3 is 15.0 Å². The molecule has 1 aromatic carbocycles. The van der Waals surface area contributed by atoms with Gasteiger partial charge in [0.2, 0.25) is 0 Å². The molecule has 1 aromatic rings. The molecule has 0 fully saturated rings. The molecule has 0 radical (unpaired) electrons. The van der Waals surface area contributed by atoms with Gasteiger partial charge in [-0.05, 0) is 51.2 Å². The largest absolute Gasteiger partial charge is 0.492 e. The van der Waals surface area contributed by atoms with E-state index in [2.05, 4.69) is 50.0 Å². The summed E-state index contributed by atoms with van der Waals surface area (Å²) in [6.45, 7) is 12.5. The van der Waals surface area contributed by atoms with Crippen LogP contribution in [-0.4, -0.2) is 37.2 Å². The topological polar surface area (TPSA) is 24.5 Å². The van der Waals surface area contributed by atoms with Gasteiger partial charge in [-0.25, -0.2) is 0 Å². The highest BCUT2D eigenvalue weighted by atomic mass is 16.5. The summed E-state index contributed by atoms with van der Waals surface area (Å²) < 4.78 is 5.73. The first-order chi connectivity index (χ1) is 8.65. The molecule has 0 unspecified atom stereocenters. The Labute approximate surface area is 111 Å². The standard InChI is InChI=1S/C15H26N2O/c1-5-17(6-2)11-12-18-15-9-7-14(8-10-15)16-13(3)4/h7-10,13,16H,5-6,11-12H2,1-4H3. The van der Waals surface area contributed by atoms with Gasteiger partial charge in [0.1, 0.15) is 12.4 Å². The molecule has 3 nitrogen and oxygen atoms in total. The maximum absolute atomic E-state index is 5.73. The van der Waals surface area contributed by atoms with E-state index >= 15 is 0 Å². The Hall–Kier alpha value is -1.22. The van der Waals surface area contributed by atoms with Crippen LogP contribution in [0.1, 0.15) is 27.7 Å². The molecule has 0 heterocycles. The van der Waals surface area contributed by atoms with Crippen molar-refractivity contribution in [2.75, 3.05) is 31.6 Å². The van der Waals surface area contributed by atoms with Crippen LogP contribution in [0.15, 0.2) is 24.3 Å². The SMILES string of the molecule is CCN(CC)CCOc1ccc(NC(C)C)cc1. The van der Waals surface area contributed by atoms with E-state index in [0.717, 1.165) is 37.7 Å². The molecule has 0 aliphatic rings. The van der Waals surface area contributed by atoms with Gasteiger partial charge in [0.05, 0.1) is 0 Å². The van der Waals surface area contributed by atoms with E-state index < -0.39 is 0 Å². The summed E-state index contributed by atoms with van der Waals surface area (Å²) in [5, 5.41) is 3.36. The molecular formula is C15H26N2O. The summed E-state index contributed by atoms with van der Waals surface area (Å²) in [5.41, 5.74) is 1.14. The van der Waals surface area contributed by atoms with Crippen molar-refractivity contribution in [1.29, 1.82) is 0 Å². The molecule has 0 aliphatic carbocycles. The molecule has 3 heteroatoms. The Morgan fingerprint density at radius 2 is 1.72 bits per heavy atom. The number of anilines is 1. The summed E-state index contributed by atoms with van der Waals surface area (Å²) in [4.78, 5) is 2.36. The number of hydrogen-bond acceptors (Lipinski definition) is 3. The van der Waals surface area contributed by atoms with Crippen molar-refractivity contribution in [2.24, 2.45) is 0 Å². The van der Waals surface area contributed by atoms with Gasteiger partial charge in [-0.2, -0.15) is 0 Å². The predicted molar refractivity (Wildman–Crippen MR) is 78.5 cm³/mol. The number of nitrogens with zero attached hydrogens (tertiary/aromatic N) is 1. The Kier molecular flexibility index (Phi) is 6.58. The van der Waals surface area contributed by atoms with Crippen molar-refractivity contribution in [3.8, 4) is 5.75 Å². The summed E-state index contributed by atoms with van der Waals surface area (Å²) in [6, 6.07) is 8.62. The molecule has 0 aliphatic heterocycles. The van der Waals surface area contributed by atoms with Crippen LogP contribution in [0.5, 0.6) is 5.75 Å². The number of rotatable bonds is 8. The van der Waals surface area contributed by atoms with Gasteiger partial charge in [0, 0.05) is 18.3 Å². The highest BCUT2D eigenvalue weighted by Gasteiger charge is 2.00. The number of benzene rings is 1. The van der Waals surface area contributed by atoms with Gasteiger partial charge in [-0.15, -0.1) is 0 Å². The zero-order chi connectivity index (χ0) is 13.4. The molecule has 0 spiro atoms. The van der Waals surface area contributed by atoms with Crippen LogP contribution in [0.4, 0.5) is 5.69 Å². The molecule has 0 amide bonds. The lowest BCUT2D eigenvalue weighted by molar-refractivity contribution is 0.223. The van der Waals surface area contributed by atoms with Gasteiger partial charge >= 0.3 is 0 Å². The average Bonchev–Trinajstić information content (AvgIpc) is 2.36. The minimum Gasteiger partial charge on any atom is -0.492 e. The Morgan fingerprint density at radius 3 is 2.22 bits per heavy atom. The molecule has 0 aromatic heterocycles. The molecule has 1 rings (SSSR count). The second-order valence-corrected chi connectivity index (χ2v) is 4.70. The highest BCUT2D eigenvalue weighted by molar-refractivity contribution is 5.46. The van der Waals surface area contributed by atoms with E-state index in [1.807, 2.05) is 12.1 Å². The van der Waals surface area contributed by atoms with Crippen molar-refractivity contribution >= 4 is 5.69 Å². The minimum absolute atomic E-state index is 0.458. The zero-order valence-electron chi connectivity index (χ0n) is 12.1. The van der Waals surface area contributed by atoms with Crippen molar-refractivity contribution in [1.82, 2.24) is 4.90 Å². The molecule has 1 N–H and O–H groups in total. The fourth-order valence-electron chi connectivity index (χ4n) is 1.81. The van der Waals surface area contributed by atoms with Crippen molar-refractivity contribution in [3.05, 3.63) is 24.3 Å². The molecule has 0 saturated heterocycles. The number of nitrogens with one attached hydrogen (secondary N) is 1. The average molecular weight is 250 g/mol. The third-order valence-electron chi connectivity index (χ3n) is 2.88. The molecule has 18 heavy (non-hydrogen) atoms. The van der Waals surface area contributed by atoms with E-state index in [0.29, 0.717) is 6.04 Å². The molecule has 0 atom stereocenters. The first kappa shape index (κ1) is 14.8. The van der Waals surface area contributed by atoms with Crippen LogP contribution in [0.2, 0.25) is 0 Å². The van der Waals surface area contributed by atoms with Gasteiger partial charge in [0.15, 0.2) is 0 Å². The van der Waals surface area contributed by atoms with E-state index in [-0.39, 0.29) is 0 Å². The monoisotopic (exact) mass is 250 g/mol. The third kappa shape index (κ3) is 5.41. The lowest BCUT2D eigenvalue weighted by Gasteiger charge is -2.18. The summed E-state index contributed by atoms with van der Waals surface area (Å²) in [6.07, 6.45) is 0. The molecular weight excluding hydrogens is 224 g/mol. The quantitative estimate of drug-likeness (QED) is 0.766. The smallest absolute Gasteiger partial charge is 0.119 e. The summed E-state index contributed by atoms with van der Waals surface area (Å²) in [5.74, 6) is 0.941. The fourth-order valence-corrected chi connectivity index (χ4v) is 1.81. The molecule has 0 bridgehead atoms. The molecule has 0 saturated carbocycles. The fraction of sp³-hybridized carbons (Fsp3) is 0.600. The van der Waals surface area contributed by atoms with Crippen molar-refractivity contribution in [2.45, 2.75) is 33.7 Å². The molecule has 102 valence electrons. The van der Waals surface area contributed by atoms with E-state index in [4.69, 9.17) is 4.74 Å². The van der Waals surface area contributed by atoms with Gasteiger partial charge in [-0.3, -0.25) is 0 Å². The normalized spacial score (nSPS) is 11.0. The van der Waals surface area contributed by atoms with Crippen molar-refractivity contribution < 1.29 is 4.74 Å². The maximum Gasteiger partial charge on any atom is 0.119 e. The van der Waals surface area contributed by atoms with Crippen LogP contribution in [-0.2, 0) is 0 Å². The van der Waals surface area contributed by atoms with Crippen LogP contribution >= 0.6 is 0 Å². The van der Waals surface area contributed by atoms with E-state index in [1.54, 1.807) is 0 Å². The first-order valence-corrected chi connectivity index (χ1v) is 6.87. The van der Waals surface area contributed by atoms with E-state index in [1.165, 1.54) is 0 Å². The number of likely N-dealkylation sites (N-methyl/N-ethyl adjacent to an activating group) is 1. The van der Waals surface area contributed by atoms with Crippen LogP contribution in [0.3, 0.4) is 0 Å². The van der Waals surface area contributed by atoms with E-state index in [9.17, 15) is 0 Å². The van der Waals surface area contributed by atoms with Gasteiger partial charge in [0.25, 0.3) is 0 Å². The predicted octanol–water partition coefficient (Wildman–Crippen LogP) is 3.23. The Balaban J connectivity index is 2.35. The van der Waals surface area contributed by atoms with Crippen LogP contribution < -0.4 is 10.1 Å². The van der Waals surface area contributed by atoms with Crippen LogP contribution in [0, 0.1) is 0 Å². The van der Waals surface area contributed by atoms with Crippen molar-refractivity contribution in [3.63, 3.8) is 0 Å².